The molecule has 0 spiro atoms. The molecule has 0 saturated carbocycles. The molecule has 0 radical (unpaired) electrons. The molecule has 2 atom stereocenters. The number of hydrogen-bond acceptors (Lipinski definition) is 7. The number of carbonyl (C=O) groups is 2. The minimum absolute atomic E-state index is 0.0264. The van der Waals surface area contributed by atoms with E-state index in [1.54, 1.807) is 30.1 Å². The average Bonchev–Trinajstić information content (AvgIpc) is 3.34. The number of terminal acetylenes is 1. The Labute approximate surface area is 434 Å². The van der Waals surface area contributed by atoms with Crippen molar-refractivity contribution in [2.45, 2.75) is 298 Å². The topological polar surface area (TPSA) is 85.3 Å². The molecular weight excluding hydrogens is 946 g/mol. The second-order valence-corrected chi connectivity index (χ2v) is 20.0. The summed E-state index contributed by atoms with van der Waals surface area (Å²) in [7, 11) is 1.61. The van der Waals surface area contributed by atoms with E-state index < -0.39 is 0 Å². The van der Waals surface area contributed by atoms with E-state index in [9.17, 15) is 14.7 Å². The monoisotopic (exact) mass is 1060 g/mol. The summed E-state index contributed by atoms with van der Waals surface area (Å²) in [5, 5.41) is 9.68. The zero-order chi connectivity index (χ0) is 50.5. The summed E-state index contributed by atoms with van der Waals surface area (Å²) in [5.74, 6) is 0.974. The van der Waals surface area contributed by atoms with E-state index >= 15 is 0 Å². The van der Waals surface area contributed by atoms with Crippen molar-refractivity contribution >= 4 is 34.9 Å². The van der Waals surface area contributed by atoms with Crippen LogP contribution < -0.4 is 0 Å². The van der Waals surface area contributed by atoms with Crippen LogP contribution in [-0.2, 0) is 22.1 Å². The van der Waals surface area contributed by atoms with Crippen molar-refractivity contribution in [1.82, 2.24) is 4.90 Å². The van der Waals surface area contributed by atoms with Crippen LogP contribution in [0.15, 0.2) is 0 Å². The number of hydrogen-bond donors (Lipinski definition) is 1. The van der Waals surface area contributed by atoms with Crippen LogP contribution in [-0.4, -0.2) is 68.5 Å². The zero-order valence-corrected chi connectivity index (χ0v) is 48.3. The lowest BCUT2D eigenvalue weighted by Crippen LogP contribution is -2.29. The molecule has 8 heteroatoms. The fraction of sp³-hybridized carbons (Fsp3) is 0.932. The Balaban J connectivity index is -0.00000267. The molecule has 2 unspecified atom stereocenters. The molecule has 402 valence electrons. The number of rotatable bonds is 50. The van der Waals surface area contributed by atoms with E-state index in [0.29, 0.717) is 44.4 Å². The lowest BCUT2D eigenvalue weighted by Gasteiger charge is -2.21. The standard InChI is InChI=1S/C54H107NO5.C2H6.C2H2.CH3IO/c1-5-9-13-17-21-23-27-33-41-51(39-31-25-19-15-11-7-3)49-59-53(57)43-35-29-37-45-55(47-48-56)46-38-30-36-44-54(58)60-50-52(40-32-26-20-16-12-8-4)42-34-28-24-22-18-14-10-6-2;2*1-2;1-3-2/h51-52,56H,5-50H2,1-4H3;1-2H3;1-2H;1H3. The van der Waals surface area contributed by atoms with Crippen LogP contribution in [0.1, 0.15) is 298 Å². The number of ether oxygens (including phenoxy) is 2. The second kappa shape index (κ2) is 67.2. The normalized spacial score (nSPS) is 11.7. The van der Waals surface area contributed by atoms with Crippen LogP contribution >= 0.6 is 23.0 Å². The molecule has 67 heavy (non-hydrogen) atoms. The minimum Gasteiger partial charge on any atom is -0.465 e. The van der Waals surface area contributed by atoms with Gasteiger partial charge < -0.3 is 22.5 Å². The first kappa shape index (κ1) is 72.7. The zero-order valence-electron chi connectivity index (χ0n) is 46.1. The van der Waals surface area contributed by atoms with Gasteiger partial charge in [-0.25, -0.2) is 0 Å². The highest BCUT2D eigenvalue weighted by molar-refractivity contribution is 14.1. The number of unbranched alkanes of at least 4 members (excludes halogenated alkanes) is 28. The summed E-state index contributed by atoms with van der Waals surface area (Å²) < 4.78 is 15.9. The molecule has 0 amide bonds. The molecule has 0 aromatic heterocycles. The minimum atomic E-state index is -0.0264. The first-order valence-corrected chi connectivity index (χ1v) is 29.9. The molecule has 0 aromatic rings. The fourth-order valence-electron chi connectivity index (χ4n) is 8.79. The van der Waals surface area contributed by atoms with Crippen LogP contribution in [0.25, 0.3) is 0 Å². The Kier molecular flexibility index (Phi) is 72.9. The predicted molar refractivity (Wildman–Crippen MR) is 302 cm³/mol. The maximum Gasteiger partial charge on any atom is 0.305 e. The number of carbonyl (C=O) groups excluding carboxylic acids is 2. The van der Waals surface area contributed by atoms with Crippen molar-refractivity contribution in [3.8, 4) is 12.8 Å². The summed E-state index contributed by atoms with van der Waals surface area (Å²) in [6.07, 6.45) is 56.8. The summed E-state index contributed by atoms with van der Waals surface area (Å²) in [6.45, 7) is 17.0. The Bertz CT molecular complexity index is 869. The Hall–Kier alpha value is -0.890. The highest BCUT2D eigenvalue weighted by Gasteiger charge is 2.15. The molecule has 0 aliphatic rings. The van der Waals surface area contributed by atoms with Gasteiger partial charge in [0.25, 0.3) is 0 Å². The van der Waals surface area contributed by atoms with Gasteiger partial charge in [-0.15, -0.1) is 12.8 Å². The van der Waals surface area contributed by atoms with Crippen LogP contribution in [0.4, 0.5) is 0 Å². The van der Waals surface area contributed by atoms with Gasteiger partial charge in [-0.2, -0.15) is 0 Å². The average molecular weight is 1060 g/mol. The van der Waals surface area contributed by atoms with Gasteiger partial charge >= 0.3 is 11.9 Å². The molecule has 0 aliphatic carbocycles. The maximum absolute atomic E-state index is 12.7. The highest BCUT2D eigenvalue weighted by Crippen LogP contribution is 2.22. The molecule has 0 fully saturated rings. The van der Waals surface area contributed by atoms with Crippen molar-refractivity contribution < 1.29 is 27.2 Å². The SMILES string of the molecule is C#C.CC.CCCCCCCCCCC(CCCCCCCC)COC(=O)CCCCCN(CCO)CCCCCC(=O)OCC(CCCCCCCC)CCCCCCCCCC.COI. The quantitative estimate of drug-likeness (QED) is 0.0281. The van der Waals surface area contributed by atoms with Crippen molar-refractivity contribution in [1.29, 1.82) is 0 Å². The summed E-state index contributed by atoms with van der Waals surface area (Å²) in [4.78, 5) is 27.7. The summed E-state index contributed by atoms with van der Waals surface area (Å²) in [6, 6.07) is 0. The van der Waals surface area contributed by atoms with Crippen LogP contribution in [0.5, 0.6) is 0 Å². The summed E-state index contributed by atoms with van der Waals surface area (Å²) >= 11 is 1.79. The Morgan fingerprint density at radius 2 is 0.672 bits per heavy atom. The van der Waals surface area contributed by atoms with Gasteiger partial charge in [0, 0.05) is 26.5 Å². The van der Waals surface area contributed by atoms with Gasteiger partial charge in [0.1, 0.15) is 23.0 Å². The maximum atomic E-state index is 12.7. The van der Waals surface area contributed by atoms with Crippen LogP contribution in [0.3, 0.4) is 0 Å². The lowest BCUT2D eigenvalue weighted by molar-refractivity contribution is -0.146. The van der Waals surface area contributed by atoms with Gasteiger partial charge in [-0.3, -0.25) is 9.59 Å². The predicted octanol–water partition coefficient (Wildman–Crippen LogP) is 18.5. The van der Waals surface area contributed by atoms with Crippen molar-refractivity contribution in [2.24, 2.45) is 11.8 Å². The third-order valence-corrected chi connectivity index (χ3v) is 13.0. The first-order valence-electron chi connectivity index (χ1n) is 29.0. The van der Waals surface area contributed by atoms with E-state index in [1.807, 2.05) is 13.8 Å². The Morgan fingerprint density at radius 3 is 0.925 bits per heavy atom. The molecule has 7 nitrogen and oxygen atoms in total. The summed E-state index contributed by atoms with van der Waals surface area (Å²) in [5.41, 5.74) is 0. The molecule has 0 rings (SSSR count). The third kappa shape index (κ3) is 63.1. The molecule has 1 N–H and O–H groups in total. The molecule has 0 aliphatic heterocycles. The first-order chi connectivity index (χ1) is 32.9. The van der Waals surface area contributed by atoms with E-state index in [1.165, 1.54) is 205 Å². The second-order valence-electron chi connectivity index (χ2n) is 19.1. The van der Waals surface area contributed by atoms with Gasteiger partial charge in [-0.05, 0) is 76.3 Å². The van der Waals surface area contributed by atoms with Crippen molar-refractivity contribution in [2.75, 3.05) is 46.6 Å². The molecule has 0 saturated heterocycles. The highest BCUT2D eigenvalue weighted by atomic mass is 127. The molecular formula is C59H118INO6. The van der Waals surface area contributed by atoms with E-state index in [4.69, 9.17) is 9.47 Å². The number of nitrogens with zero attached hydrogens (tertiary/aromatic N) is 1. The van der Waals surface area contributed by atoms with Gasteiger partial charge in [0.05, 0.1) is 19.8 Å². The smallest absolute Gasteiger partial charge is 0.305 e. The van der Waals surface area contributed by atoms with E-state index in [0.717, 1.165) is 51.6 Å². The van der Waals surface area contributed by atoms with E-state index in [-0.39, 0.29) is 18.5 Å². The largest absolute Gasteiger partial charge is 0.465 e. The van der Waals surface area contributed by atoms with E-state index in [2.05, 4.69) is 48.5 Å². The van der Waals surface area contributed by atoms with Crippen molar-refractivity contribution in [3.63, 3.8) is 0 Å². The van der Waals surface area contributed by atoms with Crippen LogP contribution in [0, 0.1) is 24.7 Å². The van der Waals surface area contributed by atoms with Crippen molar-refractivity contribution in [3.05, 3.63) is 0 Å². The Morgan fingerprint density at radius 1 is 0.433 bits per heavy atom. The lowest BCUT2D eigenvalue weighted by atomic mass is 9.94. The molecule has 0 heterocycles. The molecule has 0 bridgehead atoms. The van der Waals surface area contributed by atoms with Gasteiger partial charge in [-0.1, -0.05) is 234 Å². The fourth-order valence-corrected chi connectivity index (χ4v) is 8.79. The number of esters is 2. The van der Waals surface area contributed by atoms with Gasteiger partial charge in [0.2, 0.25) is 0 Å². The number of aliphatic hydroxyl groups excluding tert-OH is 1. The molecule has 0 aromatic carbocycles. The van der Waals surface area contributed by atoms with Crippen LogP contribution in [0.2, 0.25) is 0 Å². The number of halogens is 1. The number of aliphatic hydroxyl groups is 1. The van der Waals surface area contributed by atoms with Gasteiger partial charge in [0.15, 0.2) is 0 Å². The third-order valence-electron chi connectivity index (χ3n) is 13.0.